The van der Waals surface area contributed by atoms with Gasteiger partial charge in [0.1, 0.15) is 0 Å². The molecule has 0 radical (unpaired) electrons. The van der Waals surface area contributed by atoms with Crippen LogP contribution in [0.4, 0.5) is 0 Å². The monoisotopic (exact) mass is 125 g/mol. The molecule has 1 N–H and O–H groups in total. The number of allylic oxidation sites excluding steroid dienone is 1. The molecule has 1 nitrogen and oxygen atoms in total. The molecule has 0 saturated carbocycles. The standard InChI is InChI=1S/C8H15N/c1-7(2)6-8-4-3-5-9-8/h6,8-9H,3-5H2,1-2H3. The van der Waals surface area contributed by atoms with Gasteiger partial charge in [-0.1, -0.05) is 11.6 Å². The molecular formula is C8H15N. The molecule has 0 spiro atoms. The lowest BCUT2D eigenvalue weighted by Gasteiger charge is -2.02. The molecular weight excluding hydrogens is 110 g/mol. The maximum Gasteiger partial charge on any atom is 0.0252 e. The van der Waals surface area contributed by atoms with Crippen LogP contribution in [0.15, 0.2) is 11.6 Å². The number of rotatable bonds is 1. The van der Waals surface area contributed by atoms with Crippen LogP contribution in [0.25, 0.3) is 0 Å². The number of hydrogen-bond acceptors (Lipinski definition) is 1. The van der Waals surface area contributed by atoms with E-state index in [0.717, 1.165) is 0 Å². The molecule has 1 heterocycles. The molecule has 9 heavy (non-hydrogen) atoms. The van der Waals surface area contributed by atoms with E-state index in [9.17, 15) is 0 Å². The van der Waals surface area contributed by atoms with Crippen molar-refractivity contribution in [2.24, 2.45) is 0 Å². The average Bonchev–Trinajstić information content (AvgIpc) is 2.15. The van der Waals surface area contributed by atoms with Crippen LogP contribution in [-0.4, -0.2) is 12.6 Å². The molecule has 52 valence electrons. The summed E-state index contributed by atoms with van der Waals surface area (Å²) >= 11 is 0. The molecule has 1 atom stereocenters. The summed E-state index contributed by atoms with van der Waals surface area (Å²) in [5, 5.41) is 3.41. The Morgan fingerprint density at radius 2 is 2.33 bits per heavy atom. The minimum atomic E-state index is 0.676. The van der Waals surface area contributed by atoms with Crippen molar-refractivity contribution < 1.29 is 0 Å². The zero-order valence-corrected chi connectivity index (χ0v) is 6.28. The maximum absolute atomic E-state index is 3.41. The van der Waals surface area contributed by atoms with E-state index in [4.69, 9.17) is 0 Å². The van der Waals surface area contributed by atoms with Gasteiger partial charge in [-0.2, -0.15) is 0 Å². The van der Waals surface area contributed by atoms with Gasteiger partial charge in [0.2, 0.25) is 0 Å². The Kier molecular flexibility index (Phi) is 2.29. The smallest absolute Gasteiger partial charge is 0.0252 e. The van der Waals surface area contributed by atoms with Gasteiger partial charge in [-0.3, -0.25) is 0 Å². The van der Waals surface area contributed by atoms with Crippen molar-refractivity contribution in [1.82, 2.24) is 5.32 Å². The van der Waals surface area contributed by atoms with Crippen molar-refractivity contribution in [3.05, 3.63) is 11.6 Å². The van der Waals surface area contributed by atoms with Crippen molar-refractivity contribution in [2.45, 2.75) is 32.7 Å². The SMILES string of the molecule is CC(C)=CC1CCCN1. The molecule has 1 aliphatic rings. The molecule has 0 aliphatic carbocycles. The fraction of sp³-hybridized carbons (Fsp3) is 0.750. The van der Waals surface area contributed by atoms with E-state index in [1.807, 2.05) is 0 Å². The van der Waals surface area contributed by atoms with E-state index in [0.29, 0.717) is 6.04 Å². The maximum atomic E-state index is 3.41. The summed E-state index contributed by atoms with van der Waals surface area (Å²) in [7, 11) is 0. The highest BCUT2D eigenvalue weighted by Crippen LogP contribution is 2.07. The second-order valence-corrected chi connectivity index (χ2v) is 2.95. The Bertz CT molecular complexity index is 106. The third-order valence-corrected chi connectivity index (χ3v) is 1.63. The minimum absolute atomic E-state index is 0.676. The van der Waals surface area contributed by atoms with Gasteiger partial charge in [0, 0.05) is 6.04 Å². The first-order chi connectivity index (χ1) is 4.29. The van der Waals surface area contributed by atoms with Crippen LogP contribution in [0.2, 0.25) is 0 Å². The molecule has 1 fully saturated rings. The van der Waals surface area contributed by atoms with Crippen LogP contribution < -0.4 is 5.32 Å². The average molecular weight is 125 g/mol. The summed E-state index contributed by atoms with van der Waals surface area (Å²) < 4.78 is 0. The lowest BCUT2D eigenvalue weighted by molar-refractivity contribution is 0.722. The Morgan fingerprint density at radius 1 is 1.56 bits per heavy atom. The first kappa shape index (κ1) is 6.81. The lowest BCUT2D eigenvalue weighted by Crippen LogP contribution is -2.18. The fourth-order valence-electron chi connectivity index (χ4n) is 1.26. The summed E-state index contributed by atoms with van der Waals surface area (Å²) in [5.41, 5.74) is 1.43. The van der Waals surface area contributed by atoms with E-state index in [2.05, 4.69) is 25.2 Å². The van der Waals surface area contributed by atoms with E-state index in [1.165, 1.54) is 25.0 Å². The first-order valence-electron chi connectivity index (χ1n) is 3.67. The van der Waals surface area contributed by atoms with Crippen LogP contribution in [0.5, 0.6) is 0 Å². The van der Waals surface area contributed by atoms with Gasteiger partial charge in [-0.25, -0.2) is 0 Å². The fourth-order valence-corrected chi connectivity index (χ4v) is 1.26. The van der Waals surface area contributed by atoms with Crippen LogP contribution in [-0.2, 0) is 0 Å². The largest absolute Gasteiger partial charge is 0.311 e. The molecule has 0 amide bonds. The molecule has 0 aromatic carbocycles. The van der Waals surface area contributed by atoms with Gasteiger partial charge in [0.15, 0.2) is 0 Å². The van der Waals surface area contributed by atoms with Crippen LogP contribution >= 0.6 is 0 Å². The van der Waals surface area contributed by atoms with Crippen molar-refractivity contribution in [3.8, 4) is 0 Å². The van der Waals surface area contributed by atoms with Crippen LogP contribution in [0.1, 0.15) is 26.7 Å². The van der Waals surface area contributed by atoms with E-state index in [-0.39, 0.29) is 0 Å². The zero-order valence-electron chi connectivity index (χ0n) is 6.28. The van der Waals surface area contributed by atoms with Gasteiger partial charge in [-0.15, -0.1) is 0 Å². The van der Waals surface area contributed by atoms with Crippen molar-refractivity contribution in [1.29, 1.82) is 0 Å². The highest BCUT2D eigenvalue weighted by molar-refractivity contribution is 5.02. The molecule has 1 rings (SSSR count). The Balaban J connectivity index is 2.35. The van der Waals surface area contributed by atoms with Gasteiger partial charge in [0.05, 0.1) is 0 Å². The lowest BCUT2D eigenvalue weighted by atomic mass is 10.2. The quantitative estimate of drug-likeness (QED) is 0.526. The summed E-state index contributed by atoms with van der Waals surface area (Å²) in [6.45, 7) is 5.51. The van der Waals surface area contributed by atoms with Gasteiger partial charge >= 0.3 is 0 Å². The van der Waals surface area contributed by atoms with Crippen molar-refractivity contribution in [2.75, 3.05) is 6.54 Å². The molecule has 1 aliphatic heterocycles. The highest BCUT2D eigenvalue weighted by Gasteiger charge is 2.09. The Hall–Kier alpha value is -0.300. The molecule has 0 aromatic rings. The van der Waals surface area contributed by atoms with Crippen molar-refractivity contribution in [3.63, 3.8) is 0 Å². The van der Waals surface area contributed by atoms with Gasteiger partial charge in [-0.05, 0) is 33.2 Å². The van der Waals surface area contributed by atoms with Crippen molar-refractivity contribution >= 4 is 0 Å². The first-order valence-corrected chi connectivity index (χ1v) is 3.67. The molecule has 0 bridgehead atoms. The molecule has 1 unspecified atom stereocenters. The topological polar surface area (TPSA) is 12.0 Å². The predicted molar refractivity (Wildman–Crippen MR) is 40.5 cm³/mol. The second-order valence-electron chi connectivity index (χ2n) is 2.95. The Labute approximate surface area is 57.1 Å². The second kappa shape index (κ2) is 3.02. The molecule has 0 aromatic heterocycles. The molecule has 1 saturated heterocycles. The van der Waals surface area contributed by atoms with E-state index >= 15 is 0 Å². The summed E-state index contributed by atoms with van der Waals surface area (Å²) in [6.07, 6.45) is 4.98. The summed E-state index contributed by atoms with van der Waals surface area (Å²) in [6, 6.07) is 0.676. The molecule has 1 heteroatoms. The third kappa shape index (κ3) is 2.19. The Morgan fingerprint density at radius 3 is 2.78 bits per heavy atom. The minimum Gasteiger partial charge on any atom is -0.311 e. The summed E-state index contributed by atoms with van der Waals surface area (Å²) in [4.78, 5) is 0. The van der Waals surface area contributed by atoms with Crippen LogP contribution in [0, 0.1) is 0 Å². The van der Waals surface area contributed by atoms with E-state index in [1.54, 1.807) is 0 Å². The summed E-state index contributed by atoms with van der Waals surface area (Å²) in [5.74, 6) is 0. The number of nitrogens with one attached hydrogen (secondary N) is 1. The van der Waals surface area contributed by atoms with E-state index < -0.39 is 0 Å². The predicted octanol–water partition coefficient (Wildman–Crippen LogP) is 1.70. The van der Waals surface area contributed by atoms with Crippen LogP contribution in [0.3, 0.4) is 0 Å². The highest BCUT2D eigenvalue weighted by atomic mass is 14.9. The van der Waals surface area contributed by atoms with Gasteiger partial charge in [0.25, 0.3) is 0 Å². The third-order valence-electron chi connectivity index (χ3n) is 1.63. The number of hydrogen-bond donors (Lipinski definition) is 1. The van der Waals surface area contributed by atoms with Gasteiger partial charge < -0.3 is 5.32 Å². The zero-order chi connectivity index (χ0) is 6.69. The normalized spacial score (nSPS) is 26.2.